The Bertz CT molecular complexity index is 862. The summed E-state index contributed by atoms with van der Waals surface area (Å²) in [4.78, 5) is 18.5. The fourth-order valence-corrected chi connectivity index (χ4v) is 4.62. The third-order valence-corrected chi connectivity index (χ3v) is 6.68. The number of hydrogen-bond donors (Lipinski definition) is 0. The highest BCUT2D eigenvalue weighted by atomic mass is 16.5. The van der Waals surface area contributed by atoms with Crippen LogP contribution in [0.25, 0.3) is 0 Å². The Hall–Kier alpha value is -2.37. The van der Waals surface area contributed by atoms with Crippen molar-refractivity contribution in [3.8, 4) is 5.75 Å². The topological polar surface area (TPSA) is 36.0 Å². The quantitative estimate of drug-likeness (QED) is 0.715. The third-order valence-electron chi connectivity index (χ3n) is 6.68. The number of hydrogen-bond acceptors (Lipinski definition) is 4. The van der Waals surface area contributed by atoms with Gasteiger partial charge in [-0.2, -0.15) is 0 Å². The number of carbonyl (C=O) groups excluding carboxylic acids is 1. The fraction of sp³-hybridized carbons (Fsp3) is 0.500. The Morgan fingerprint density at radius 1 is 1.00 bits per heavy atom. The van der Waals surface area contributed by atoms with Crippen molar-refractivity contribution >= 4 is 5.91 Å². The first-order valence-electron chi connectivity index (χ1n) is 11.6. The lowest BCUT2D eigenvalue weighted by Gasteiger charge is -2.34. The number of benzene rings is 2. The van der Waals surface area contributed by atoms with Gasteiger partial charge in [-0.15, -0.1) is 0 Å². The molecule has 0 N–H and O–H groups in total. The van der Waals surface area contributed by atoms with Gasteiger partial charge in [0.1, 0.15) is 12.4 Å². The lowest BCUT2D eigenvalue weighted by atomic mass is 10.0. The molecule has 1 amide bonds. The van der Waals surface area contributed by atoms with E-state index in [1.165, 1.54) is 16.7 Å². The van der Waals surface area contributed by atoms with Gasteiger partial charge >= 0.3 is 0 Å². The molecule has 1 unspecified atom stereocenters. The molecule has 2 aliphatic rings. The van der Waals surface area contributed by atoms with E-state index in [0.717, 1.165) is 71.0 Å². The van der Waals surface area contributed by atoms with Crippen molar-refractivity contribution in [3.05, 3.63) is 65.2 Å². The van der Waals surface area contributed by atoms with Gasteiger partial charge in [0.2, 0.25) is 5.91 Å². The number of ether oxygens (including phenoxy) is 1. The number of rotatable bonds is 6. The van der Waals surface area contributed by atoms with E-state index in [-0.39, 0.29) is 5.91 Å². The molecule has 5 heteroatoms. The molecular formula is C26H35N3O2. The summed E-state index contributed by atoms with van der Waals surface area (Å²) in [6.07, 6.45) is 2.26. The van der Waals surface area contributed by atoms with Crippen molar-refractivity contribution in [3.63, 3.8) is 0 Å². The Morgan fingerprint density at radius 3 is 2.52 bits per heavy atom. The second kappa shape index (κ2) is 10.3. The van der Waals surface area contributed by atoms with E-state index in [4.69, 9.17) is 4.74 Å². The van der Waals surface area contributed by atoms with Crippen molar-refractivity contribution in [1.29, 1.82) is 0 Å². The van der Waals surface area contributed by atoms with E-state index in [9.17, 15) is 4.79 Å². The van der Waals surface area contributed by atoms with Crippen LogP contribution in [0, 0.1) is 0 Å². The second-order valence-electron chi connectivity index (χ2n) is 8.92. The van der Waals surface area contributed by atoms with Crippen molar-refractivity contribution in [1.82, 2.24) is 14.7 Å². The molecule has 1 atom stereocenters. The highest BCUT2D eigenvalue weighted by Gasteiger charge is 2.22. The summed E-state index contributed by atoms with van der Waals surface area (Å²) in [5, 5.41) is 0. The van der Waals surface area contributed by atoms with Gasteiger partial charge in [-0.3, -0.25) is 14.6 Å². The SMILES string of the molecule is CC(=O)N1CCN(Cc2ccc3c(c2)CN(C(C)CCc2ccccc2)CCO3)CC1. The molecule has 2 heterocycles. The first-order valence-corrected chi connectivity index (χ1v) is 11.6. The van der Waals surface area contributed by atoms with Crippen LogP contribution in [-0.2, 0) is 24.3 Å². The third kappa shape index (κ3) is 5.86. The summed E-state index contributed by atoms with van der Waals surface area (Å²) in [7, 11) is 0. The Morgan fingerprint density at radius 2 is 1.77 bits per heavy atom. The molecule has 1 fully saturated rings. The van der Waals surface area contributed by atoms with Gasteiger partial charge in [0, 0.05) is 64.3 Å². The fourth-order valence-electron chi connectivity index (χ4n) is 4.62. The molecule has 0 bridgehead atoms. The summed E-state index contributed by atoms with van der Waals surface area (Å²) in [6.45, 7) is 11.1. The summed E-state index contributed by atoms with van der Waals surface area (Å²) >= 11 is 0. The van der Waals surface area contributed by atoms with E-state index in [2.05, 4.69) is 65.3 Å². The van der Waals surface area contributed by atoms with E-state index in [0.29, 0.717) is 6.04 Å². The number of fused-ring (bicyclic) bond motifs is 1. The summed E-state index contributed by atoms with van der Waals surface area (Å²) < 4.78 is 6.08. The van der Waals surface area contributed by atoms with Gasteiger partial charge in [0.25, 0.3) is 0 Å². The molecule has 2 aromatic carbocycles. The first-order chi connectivity index (χ1) is 15.1. The van der Waals surface area contributed by atoms with Gasteiger partial charge < -0.3 is 9.64 Å². The summed E-state index contributed by atoms with van der Waals surface area (Å²) in [5.41, 5.74) is 4.04. The standard InChI is InChI=1S/C26H35N3O2/c1-21(8-9-23-6-4-3-5-7-23)29-16-17-31-26-11-10-24(18-25(26)20-29)19-27-12-14-28(15-13-27)22(2)30/h3-7,10-11,18,21H,8-9,12-17,19-20H2,1-2H3. The summed E-state index contributed by atoms with van der Waals surface area (Å²) in [6, 6.07) is 17.9. The van der Waals surface area contributed by atoms with Gasteiger partial charge in [0.05, 0.1) is 0 Å². The van der Waals surface area contributed by atoms with Gasteiger partial charge in [0.15, 0.2) is 0 Å². The predicted molar refractivity (Wildman–Crippen MR) is 124 cm³/mol. The number of amides is 1. The molecular weight excluding hydrogens is 386 g/mol. The monoisotopic (exact) mass is 421 g/mol. The minimum absolute atomic E-state index is 0.184. The van der Waals surface area contributed by atoms with E-state index < -0.39 is 0 Å². The maximum Gasteiger partial charge on any atom is 0.219 e. The first kappa shape index (κ1) is 21.8. The van der Waals surface area contributed by atoms with Gasteiger partial charge in [-0.05, 0) is 43.0 Å². The van der Waals surface area contributed by atoms with Gasteiger partial charge in [-0.1, -0.05) is 36.4 Å². The van der Waals surface area contributed by atoms with Crippen molar-refractivity contribution in [2.24, 2.45) is 0 Å². The second-order valence-corrected chi connectivity index (χ2v) is 8.92. The van der Waals surface area contributed by atoms with Crippen LogP contribution in [0.4, 0.5) is 0 Å². The van der Waals surface area contributed by atoms with Crippen LogP contribution in [0.5, 0.6) is 5.75 Å². The normalized spacial score (nSPS) is 18.7. The molecule has 4 rings (SSSR count). The van der Waals surface area contributed by atoms with Crippen molar-refractivity contribution in [2.45, 2.75) is 45.8 Å². The smallest absolute Gasteiger partial charge is 0.219 e. The molecule has 31 heavy (non-hydrogen) atoms. The maximum atomic E-state index is 11.6. The van der Waals surface area contributed by atoms with Crippen molar-refractivity contribution < 1.29 is 9.53 Å². The molecule has 0 radical (unpaired) electrons. The lowest BCUT2D eigenvalue weighted by Crippen LogP contribution is -2.47. The molecule has 1 saturated heterocycles. The lowest BCUT2D eigenvalue weighted by molar-refractivity contribution is -0.130. The molecule has 5 nitrogen and oxygen atoms in total. The number of aryl methyl sites for hydroxylation is 1. The van der Waals surface area contributed by atoms with Gasteiger partial charge in [-0.25, -0.2) is 0 Å². The number of carbonyl (C=O) groups is 1. The minimum Gasteiger partial charge on any atom is -0.492 e. The molecule has 166 valence electrons. The Labute approximate surface area is 186 Å². The van der Waals surface area contributed by atoms with E-state index >= 15 is 0 Å². The molecule has 0 saturated carbocycles. The van der Waals surface area contributed by atoms with Crippen LogP contribution in [0.3, 0.4) is 0 Å². The van der Waals surface area contributed by atoms with Crippen LogP contribution < -0.4 is 4.74 Å². The average molecular weight is 422 g/mol. The van der Waals surface area contributed by atoms with Crippen LogP contribution in [-0.4, -0.2) is 66.0 Å². The zero-order valence-corrected chi connectivity index (χ0v) is 18.9. The minimum atomic E-state index is 0.184. The van der Waals surface area contributed by atoms with Crippen LogP contribution in [0.1, 0.15) is 37.0 Å². The maximum absolute atomic E-state index is 11.6. The largest absolute Gasteiger partial charge is 0.492 e. The van der Waals surface area contributed by atoms with Crippen LogP contribution in [0.2, 0.25) is 0 Å². The molecule has 0 aromatic heterocycles. The van der Waals surface area contributed by atoms with E-state index in [1.807, 2.05) is 4.90 Å². The molecule has 0 spiro atoms. The van der Waals surface area contributed by atoms with Crippen LogP contribution >= 0.6 is 0 Å². The van der Waals surface area contributed by atoms with Crippen LogP contribution in [0.15, 0.2) is 48.5 Å². The Balaban J connectivity index is 1.36. The van der Waals surface area contributed by atoms with E-state index in [1.54, 1.807) is 6.92 Å². The zero-order valence-electron chi connectivity index (χ0n) is 18.9. The number of piperazine rings is 1. The predicted octanol–water partition coefficient (Wildman–Crippen LogP) is 3.57. The van der Waals surface area contributed by atoms with Crippen molar-refractivity contribution in [2.75, 3.05) is 39.3 Å². The summed E-state index contributed by atoms with van der Waals surface area (Å²) in [5.74, 6) is 1.21. The Kier molecular flexibility index (Phi) is 7.25. The number of nitrogens with zero attached hydrogens (tertiary/aromatic N) is 3. The molecule has 0 aliphatic carbocycles. The average Bonchev–Trinajstić information content (AvgIpc) is 3.01. The zero-order chi connectivity index (χ0) is 21.6. The molecule has 2 aliphatic heterocycles. The highest BCUT2D eigenvalue weighted by Crippen LogP contribution is 2.27. The highest BCUT2D eigenvalue weighted by molar-refractivity contribution is 5.73. The molecule has 2 aromatic rings.